The Labute approximate surface area is 124 Å². The second-order valence-electron chi connectivity index (χ2n) is 5.34. The number of hydrogen-bond acceptors (Lipinski definition) is 7. The Morgan fingerprint density at radius 3 is 2.48 bits per heavy atom. The molecular weight excluding hydrogens is 292 g/mol. The molecule has 116 valence electrons. The van der Waals surface area contributed by atoms with Gasteiger partial charge in [-0.05, 0) is 7.05 Å². The van der Waals surface area contributed by atoms with E-state index in [1.165, 1.54) is 10.9 Å². The maximum Gasteiger partial charge on any atom is 0.171 e. The topological polar surface area (TPSA) is 108 Å². The maximum atomic E-state index is 11.3. The van der Waals surface area contributed by atoms with Crippen LogP contribution in [0.1, 0.15) is 5.56 Å². The lowest BCUT2D eigenvalue weighted by molar-refractivity contribution is 0.311. The summed E-state index contributed by atoms with van der Waals surface area (Å²) in [6.07, 6.45) is 1.17. The lowest BCUT2D eigenvalue weighted by Crippen LogP contribution is -2.45. The highest BCUT2D eigenvalue weighted by molar-refractivity contribution is 7.90. The summed E-state index contributed by atoms with van der Waals surface area (Å²) in [7, 11) is -1.06. The van der Waals surface area contributed by atoms with Gasteiger partial charge in [0.2, 0.25) is 0 Å². The van der Waals surface area contributed by atoms with E-state index in [2.05, 4.69) is 16.1 Å². The third kappa shape index (κ3) is 3.65. The van der Waals surface area contributed by atoms with Gasteiger partial charge >= 0.3 is 0 Å². The van der Waals surface area contributed by atoms with Crippen LogP contribution in [0.2, 0.25) is 0 Å². The Bertz CT molecular complexity index is 652. The summed E-state index contributed by atoms with van der Waals surface area (Å²) >= 11 is 0. The fourth-order valence-corrected chi connectivity index (χ4v) is 2.74. The number of anilines is 2. The lowest BCUT2D eigenvalue weighted by atomic mass is 10.2. The monoisotopic (exact) mass is 312 g/mol. The van der Waals surface area contributed by atoms with Crippen LogP contribution in [0, 0.1) is 11.3 Å². The van der Waals surface area contributed by atoms with Gasteiger partial charge < -0.3 is 15.5 Å². The number of nitrogens with two attached hydrogens (primary N) is 1. The summed E-state index contributed by atoms with van der Waals surface area (Å²) < 4.78 is 23.9. The Balaban J connectivity index is 2.24. The van der Waals surface area contributed by atoms with Crippen LogP contribution in [0.5, 0.6) is 0 Å². The highest BCUT2D eigenvalue weighted by atomic mass is 32.2. The molecule has 21 heavy (non-hydrogen) atoms. The Hall–Kier alpha value is -1.79. The van der Waals surface area contributed by atoms with Crippen molar-refractivity contribution in [1.82, 2.24) is 14.7 Å². The highest BCUT2D eigenvalue weighted by Gasteiger charge is 2.23. The van der Waals surface area contributed by atoms with Crippen LogP contribution in [0.3, 0.4) is 0 Å². The Morgan fingerprint density at radius 1 is 1.33 bits per heavy atom. The van der Waals surface area contributed by atoms with E-state index in [4.69, 9.17) is 5.73 Å². The minimum Gasteiger partial charge on any atom is -0.383 e. The van der Waals surface area contributed by atoms with Crippen LogP contribution in [0.15, 0.2) is 0 Å². The molecule has 2 N–H and O–H groups in total. The van der Waals surface area contributed by atoms with Crippen LogP contribution in [-0.4, -0.2) is 68.3 Å². The van der Waals surface area contributed by atoms with Crippen molar-refractivity contribution in [2.45, 2.75) is 6.54 Å². The van der Waals surface area contributed by atoms with Gasteiger partial charge in [-0.15, -0.1) is 0 Å². The maximum absolute atomic E-state index is 11.3. The molecule has 0 unspecified atom stereocenters. The van der Waals surface area contributed by atoms with Crippen LogP contribution >= 0.6 is 0 Å². The number of aromatic nitrogens is 2. The number of nitrogen functional groups attached to an aromatic ring is 1. The number of rotatable bonds is 4. The number of likely N-dealkylation sites (N-methyl/N-ethyl adjacent to an activating group) is 1. The molecule has 2 heterocycles. The number of piperazine rings is 1. The second kappa shape index (κ2) is 5.91. The predicted octanol–water partition coefficient (Wildman–Crippen LogP) is -0.867. The average Bonchev–Trinajstić information content (AvgIpc) is 2.73. The van der Waals surface area contributed by atoms with Crippen LogP contribution in [0.4, 0.5) is 11.6 Å². The van der Waals surface area contributed by atoms with E-state index < -0.39 is 9.84 Å². The van der Waals surface area contributed by atoms with E-state index in [9.17, 15) is 13.7 Å². The molecule has 0 spiro atoms. The van der Waals surface area contributed by atoms with Crippen molar-refractivity contribution < 1.29 is 8.42 Å². The van der Waals surface area contributed by atoms with Crippen molar-refractivity contribution >= 4 is 21.5 Å². The van der Waals surface area contributed by atoms with Gasteiger partial charge in [0.1, 0.15) is 27.3 Å². The molecule has 1 aliphatic rings. The smallest absolute Gasteiger partial charge is 0.171 e. The first kappa shape index (κ1) is 15.6. The van der Waals surface area contributed by atoms with E-state index >= 15 is 0 Å². The SMILES string of the molecule is CN1CCN(c2nn(CCS(C)(=O)=O)c(N)c2C#N)CC1. The number of sulfone groups is 1. The van der Waals surface area contributed by atoms with Gasteiger partial charge in [-0.2, -0.15) is 10.4 Å². The normalized spacial score (nSPS) is 16.9. The molecule has 0 aromatic carbocycles. The summed E-state index contributed by atoms with van der Waals surface area (Å²) in [5, 5.41) is 13.6. The number of nitrogens with zero attached hydrogens (tertiary/aromatic N) is 5. The quantitative estimate of drug-likeness (QED) is 0.770. The predicted molar refractivity (Wildman–Crippen MR) is 80.8 cm³/mol. The molecule has 1 aromatic rings. The van der Waals surface area contributed by atoms with E-state index in [-0.39, 0.29) is 18.1 Å². The molecule has 0 amide bonds. The molecule has 0 saturated carbocycles. The second-order valence-corrected chi connectivity index (χ2v) is 7.60. The Morgan fingerprint density at radius 2 is 1.95 bits per heavy atom. The van der Waals surface area contributed by atoms with Crippen molar-refractivity contribution in [3.05, 3.63) is 5.56 Å². The first-order valence-electron chi connectivity index (χ1n) is 6.69. The molecule has 2 rings (SSSR count). The van der Waals surface area contributed by atoms with Crippen molar-refractivity contribution in [3.8, 4) is 6.07 Å². The summed E-state index contributed by atoms with van der Waals surface area (Å²) in [6, 6.07) is 2.08. The van der Waals surface area contributed by atoms with Gasteiger partial charge in [-0.1, -0.05) is 0 Å². The molecule has 0 bridgehead atoms. The van der Waals surface area contributed by atoms with Crippen LogP contribution in [0.25, 0.3) is 0 Å². The standard InChI is InChI=1S/C12H20N6O2S/c1-16-3-5-17(6-4-16)12-10(9-13)11(14)18(15-12)7-8-21(2,19)20/h3-8,14H2,1-2H3. The summed E-state index contributed by atoms with van der Waals surface area (Å²) in [5.41, 5.74) is 6.25. The van der Waals surface area contributed by atoms with E-state index in [0.29, 0.717) is 11.4 Å². The molecule has 9 heteroatoms. The molecular formula is C12H20N6O2S. The van der Waals surface area contributed by atoms with Crippen LogP contribution < -0.4 is 10.6 Å². The van der Waals surface area contributed by atoms with Gasteiger partial charge in [-0.25, -0.2) is 13.1 Å². The number of nitriles is 1. The van der Waals surface area contributed by atoms with E-state index in [1.54, 1.807) is 0 Å². The minimum absolute atomic E-state index is 0.0497. The van der Waals surface area contributed by atoms with Gasteiger partial charge in [-0.3, -0.25) is 0 Å². The van der Waals surface area contributed by atoms with Crippen molar-refractivity contribution in [2.75, 3.05) is 55.9 Å². The zero-order valence-corrected chi connectivity index (χ0v) is 13.1. The molecule has 1 saturated heterocycles. The molecule has 1 fully saturated rings. The minimum atomic E-state index is -3.10. The van der Waals surface area contributed by atoms with Gasteiger partial charge in [0.25, 0.3) is 0 Å². The van der Waals surface area contributed by atoms with Gasteiger partial charge in [0.15, 0.2) is 5.82 Å². The van der Waals surface area contributed by atoms with E-state index in [0.717, 1.165) is 26.2 Å². The summed E-state index contributed by atoms with van der Waals surface area (Å²) in [6.45, 7) is 3.48. The molecule has 0 radical (unpaired) electrons. The third-order valence-electron chi connectivity index (χ3n) is 3.56. The van der Waals surface area contributed by atoms with E-state index in [1.807, 2.05) is 11.9 Å². The molecule has 8 nitrogen and oxygen atoms in total. The van der Waals surface area contributed by atoms with Gasteiger partial charge in [0.05, 0.1) is 12.3 Å². The molecule has 1 aromatic heterocycles. The van der Waals surface area contributed by atoms with Crippen molar-refractivity contribution in [3.63, 3.8) is 0 Å². The molecule has 1 aliphatic heterocycles. The van der Waals surface area contributed by atoms with Gasteiger partial charge in [0, 0.05) is 32.4 Å². The largest absolute Gasteiger partial charge is 0.383 e. The van der Waals surface area contributed by atoms with Crippen molar-refractivity contribution in [1.29, 1.82) is 5.26 Å². The first-order valence-corrected chi connectivity index (χ1v) is 8.75. The molecule has 0 aliphatic carbocycles. The lowest BCUT2D eigenvalue weighted by Gasteiger charge is -2.32. The zero-order valence-electron chi connectivity index (χ0n) is 12.3. The van der Waals surface area contributed by atoms with Crippen molar-refractivity contribution in [2.24, 2.45) is 0 Å². The number of hydrogen-bond donors (Lipinski definition) is 1. The summed E-state index contributed by atoms with van der Waals surface area (Å²) in [4.78, 5) is 4.22. The summed E-state index contributed by atoms with van der Waals surface area (Å²) in [5.74, 6) is 0.734. The fraction of sp³-hybridized carbons (Fsp3) is 0.667. The average molecular weight is 312 g/mol. The zero-order chi connectivity index (χ0) is 15.6. The fourth-order valence-electron chi connectivity index (χ4n) is 2.23. The molecule has 0 atom stereocenters. The van der Waals surface area contributed by atoms with Crippen LogP contribution in [-0.2, 0) is 16.4 Å². The number of aryl methyl sites for hydroxylation is 1. The highest BCUT2D eigenvalue weighted by Crippen LogP contribution is 2.25. The Kier molecular flexibility index (Phi) is 4.39. The first-order chi connectivity index (χ1) is 9.81. The third-order valence-corrected chi connectivity index (χ3v) is 4.49.